The first kappa shape index (κ1) is 14.1. The van der Waals surface area contributed by atoms with Gasteiger partial charge in [-0.3, -0.25) is 0 Å². The molecule has 5 nitrogen and oxygen atoms in total. The molecule has 21 heavy (non-hydrogen) atoms. The van der Waals surface area contributed by atoms with E-state index in [-0.39, 0.29) is 0 Å². The van der Waals surface area contributed by atoms with Crippen LogP contribution in [0.1, 0.15) is 32.4 Å². The SMILES string of the molecule is CCO[C@H]1c2c(ccc3ccc(=O)oc23)OC(C)(C)[C@@H]1O. The van der Waals surface area contributed by atoms with Crippen molar-refractivity contribution < 1.29 is 19.0 Å². The molecule has 1 aliphatic heterocycles. The number of hydrogen-bond acceptors (Lipinski definition) is 5. The fourth-order valence-corrected chi connectivity index (χ4v) is 2.71. The zero-order valence-corrected chi connectivity index (χ0v) is 12.3. The number of aliphatic hydroxyl groups excluding tert-OH is 1. The maximum Gasteiger partial charge on any atom is 0.336 e. The highest BCUT2D eigenvalue weighted by molar-refractivity contribution is 5.83. The van der Waals surface area contributed by atoms with Crippen LogP contribution in [0.5, 0.6) is 5.75 Å². The van der Waals surface area contributed by atoms with Crippen LogP contribution in [0.3, 0.4) is 0 Å². The third kappa shape index (κ3) is 2.22. The van der Waals surface area contributed by atoms with Gasteiger partial charge in [0.25, 0.3) is 0 Å². The van der Waals surface area contributed by atoms with E-state index >= 15 is 0 Å². The Morgan fingerprint density at radius 3 is 2.71 bits per heavy atom. The third-order valence-corrected chi connectivity index (χ3v) is 3.79. The van der Waals surface area contributed by atoms with Gasteiger partial charge in [0.1, 0.15) is 29.1 Å². The first-order chi connectivity index (χ1) is 9.94. The van der Waals surface area contributed by atoms with Crippen LogP contribution in [-0.2, 0) is 4.74 Å². The van der Waals surface area contributed by atoms with Crippen molar-refractivity contribution in [3.63, 3.8) is 0 Å². The van der Waals surface area contributed by atoms with Crippen molar-refractivity contribution in [2.75, 3.05) is 6.61 Å². The van der Waals surface area contributed by atoms with Crippen molar-refractivity contribution in [3.05, 3.63) is 40.2 Å². The largest absolute Gasteiger partial charge is 0.485 e. The highest BCUT2D eigenvalue weighted by atomic mass is 16.5. The summed E-state index contributed by atoms with van der Waals surface area (Å²) in [5.41, 5.74) is -0.215. The van der Waals surface area contributed by atoms with E-state index < -0.39 is 23.4 Å². The summed E-state index contributed by atoms with van der Waals surface area (Å²) in [6.45, 7) is 5.90. The van der Waals surface area contributed by atoms with E-state index in [2.05, 4.69) is 0 Å². The van der Waals surface area contributed by atoms with Crippen molar-refractivity contribution in [1.82, 2.24) is 0 Å². The lowest BCUT2D eigenvalue weighted by Crippen LogP contribution is -2.49. The standard InChI is InChI=1S/C16H18O5/c1-4-19-14-12-10(21-16(2,3)15(14)18)7-5-9-6-8-11(17)20-13(9)12/h5-8,14-15,18H,4H2,1-3H3/t14-,15+/m0/s1. The molecular formula is C16H18O5. The van der Waals surface area contributed by atoms with Gasteiger partial charge in [0.05, 0.1) is 5.56 Å². The van der Waals surface area contributed by atoms with Crippen LogP contribution in [0, 0.1) is 0 Å². The van der Waals surface area contributed by atoms with Crippen molar-refractivity contribution in [1.29, 1.82) is 0 Å². The van der Waals surface area contributed by atoms with Crippen LogP contribution in [-0.4, -0.2) is 23.4 Å². The maximum atomic E-state index is 11.5. The zero-order chi connectivity index (χ0) is 15.2. The summed E-state index contributed by atoms with van der Waals surface area (Å²) in [7, 11) is 0. The Balaban J connectivity index is 2.30. The van der Waals surface area contributed by atoms with Gasteiger partial charge >= 0.3 is 5.63 Å². The molecule has 5 heteroatoms. The highest BCUT2D eigenvalue weighted by Crippen LogP contribution is 2.44. The van der Waals surface area contributed by atoms with Crippen LogP contribution in [0.4, 0.5) is 0 Å². The van der Waals surface area contributed by atoms with Gasteiger partial charge in [-0.2, -0.15) is 0 Å². The molecule has 0 spiro atoms. The number of benzene rings is 1. The molecule has 0 amide bonds. The molecule has 2 atom stereocenters. The molecule has 0 saturated carbocycles. The Labute approximate surface area is 122 Å². The van der Waals surface area contributed by atoms with Crippen molar-refractivity contribution in [2.24, 2.45) is 0 Å². The molecule has 1 aromatic carbocycles. The molecule has 0 bridgehead atoms. The van der Waals surface area contributed by atoms with E-state index in [0.29, 0.717) is 23.5 Å². The summed E-state index contributed by atoms with van der Waals surface area (Å²) in [6, 6.07) is 6.70. The molecular weight excluding hydrogens is 272 g/mol. The Hall–Kier alpha value is -1.85. The smallest absolute Gasteiger partial charge is 0.336 e. The molecule has 0 saturated heterocycles. The van der Waals surface area contributed by atoms with Crippen LogP contribution in [0.15, 0.2) is 33.5 Å². The number of rotatable bonds is 2. The average molecular weight is 290 g/mol. The Morgan fingerprint density at radius 2 is 2.00 bits per heavy atom. The van der Waals surface area contributed by atoms with E-state index in [1.54, 1.807) is 19.9 Å². The van der Waals surface area contributed by atoms with E-state index in [1.165, 1.54) is 6.07 Å². The molecule has 112 valence electrons. The van der Waals surface area contributed by atoms with Gasteiger partial charge in [-0.1, -0.05) is 0 Å². The lowest BCUT2D eigenvalue weighted by Gasteiger charge is -2.41. The quantitative estimate of drug-likeness (QED) is 0.860. The molecule has 0 radical (unpaired) electrons. The summed E-state index contributed by atoms with van der Waals surface area (Å²) in [6.07, 6.45) is -1.45. The number of ether oxygens (including phenoxy) is 2. The lowest BCUT2D eigenvalue weighted by molar-refractivity contribution is -0.132. The summed E-state index contributed by atoms with van der Waals surface area (Å²) in [4.78, 5) is 11.5. The topological polar surface area (TPSA) is 68.9 Å². The maximum absolute atomic E-state index is 11.5. The molecule has 1 aromatic heterocycles. The van der Waals surface area contributed by atoms with Crippen LogP contribution < -0.4 is 10.4 Å². The second kappa shape index (κ2) is 4.86. The van der Waals surface area contributed by atoms with Crippen molar-refractivity contribution in [3.8, 4) is 5.75 Å². The zero-order valence-electron chi connectivity index (χ0n) is 12.3. The van der Waals surface area contributed by atoms with E-state index in [0.717, 1.165) is 5.39 Å². The van der Waals surface area contributed by atoms with Gasteiger partial charge < -0.3 is 19.0 Å². The summed E-state index contributed by atoms with van der Waals surface area (Å²) in [5, 5.41) is 11.3. The monoisotopic (exact) mass is 290 g/mol. The minimum absolute atomic E-state index is 0.410. The average Bonchev–Trinajstić information content (AvgIpc) is 2.43. The minimum atomic E-state index is -0.860. The molecule has 1 N–H and O–H groups in total. The minimum Gasteiger partial charge on any atom is -0.485 e. The fourth-order valence-electron chi connectivity index (χ4n) is 2.71. The molecule has 0 aliphatic carbocycles. The van der Waals surface area contributed by atoms with Gasteiger partial charge in [-0.25, -0.2) is 4.79 Å². The van der Waals surface area contributed by atoms with E-state index in [1.807, 2.05) is 19.1 Å². The lowest BCUT2D eigenvalue weighted by atomic mass is 9.87. The first-order valence-electron chi connectivity index (χ1n) is 6.99. The second-order valence-corrected chi connectivity index (χ2v) is 5.68. The first-order valence-corrected chi connectivity index (χ1v) is 6.99. The van der Waals surface area contributed by atoms with E-state index in [9.17, 15) is 9.90 Å². The fraction of sp³-hybridized carbons (Fsp3) is 0.438. The Kier molecular flexibility index (Phi) is 3.26. The van der Waals surface area contributed by atoms with Gasteiger partial charge in [0.15, 0.2) is 0 Å². The summed E-state index contributed by atoms with van der Waals surface area (Å²) >= 11 is 0. The predicted molar refractivity (Wildman–Crippen MR) is 77.6 cm³/mol. The van der Waals surface area contributed by atoms with Gasteiger partial charge in [0.2, 0.25) is 0 Å². The van der Waals surface area contributed by atoms with Gasteiger partial charge in [0, 0.05) is 18.1 Å². The van der Waals surface area contributed by atoms with Crippen molar-refractivity contribution in [2.45, 2.75) is 38.6 Å². The molecule has 3 rings (SSSR count). The third-order valence-electron chi connectivity index (χ3n) is 3.79. The molecule has 0 unspecified atom stereocenters. The van der Waals surface area contributed by atoms with Gasteiger partial charge in [-0.05, 0) is 39.0 Å². The Morgan fingerprint density at radius 1 is 1.29 bits per heavy atom. The Bertz CT molecular complexity index is 731. The number of hydrogen-bond donors (Lipinski definition) is 1. The van der Waals surface area contributed by atoms with Crippen molar-refractivity contribution >= 4 is 11.0 Å². The predicted octanol–water partition coefficient (Wildman–Crippen LogP) is 2.40. The van der Waals surface area contributed by atoms with Crippen LogP contribution >= 0.6 is 0 Å². The van der Waals surface area contributed by atoms with Crippen LogP contribution in [0.2, 0.25) is 0 Å². The number of fused-ring (bicyclic) bond motifs is 3. The molecule has 0 fully saturated rings. The summed E-state index contributed by atoms with van der Waals surface area (Å²) in [5.74, 6) is 0.575. The molecule has 2 aromatic rings. The molecule has 1 aliphatic rings. The van der Waals surface area contributed by atoms with E-state index in [4.69, 9.17) is 13.9 Å². The normalized spacial score (nSPS) is 23.6. The van der Waals surface area contributed by atoms with Crippen LogP contribution in [0.25, 0.3) is 11.0 Å². The number of aliphatic hydroxyl groups is 1. The summed E-state index contributed by atoms with van der Waals surface area (Å²) < 4.78 is 16.9. The molecule has 2 heterocycles. The second-order valence-electron chi connectivity index (χ2n) is 5.68. The van der Waals surface area contributed by atoms with Gasteiger partial charge in [-0.15, -0.1) is 0 Å². The highest BCUT2D eigenvalue weighted by Gasteiger charge is 2.44.